The average molecular weight is 249 g/mol. The van der Waals surface area contributed by atoms with Gasteiger partial charge in [0, 0.05) is 19.8 Å². The normalized spacial score (nSPS) is 27.8. The minimum atomic E-state index is -2.76. The first-order chi connectivity index (χ1) is 7.44. The van der Waals surface area contributed by atoms with Gasteiger partial charge < -0.3 is 10.5 Å². The Balaban J connectivity index is 2.31. The summed E-state index contributed by atoms with van der Waals surface area (Å²) in [6.07, 6.45) is 2.55. The van der Waals surface area contributed by atoms with Crippen LogP contribution in [0.25, 0.3) is 0 Å². The van der Waals surface area contributed by atoms with E-state index in [0.717, 1.165) is 25.9 Å². The van der Waals surface area contributed by atoms with Gasteiger partial charge in [0.05, 0.1) is 11.5 Å². The van der Waals surface area contributed by atoms with E-state index in [1.807, 2.05) is 0 Å². The van der Waals surface area contributed by atoms with E-state index in [2.05, 4.69) is 6.92 Å². The number of rotatable bonds is 6. The highest BCUT2D eigenvalue weighted by Gasteiger charge is 2.29. The molecule has 1 saturated heterocycles. The van der Waals surface area contributed by atoms with Crippen LogP contribution in [-0.2, 0) is 14.6 Å². The van der Waals surface area contributed by atoms with Gasteiger partial charge in [-0.2, -0.15) is 0 Å². The third kappa shape index (κ3) is 4.39. The van der Waals surface area contributed by atoms with Crippen LogP contribution in [0, 0.1) is 11.8 Å². The molecule has 1 heterocycles. The molecular weight excluding hydrogens is 226 g/mol. The molecule has 1 aliphatic rings. The minimum absolute atomic E-state index is 0.0912. The Morgan fingerprint density at radius 1 is 1.50 bits per heavy atom. The molecule has 0 amide bonds. The smallest absolute Gasteiger partial charge is 0.150 e. The lowest BCUT2D eigenvalue weighted by Gasteiger charge is -2.22. The van der Waals surface area contributed by atoms with Crippen LogP contribution in [0.1, 0.15) is 26.2 Å². The largest absolute Gasteiger partial charge is 0.385 e. The van der Waals surface area contributed by atoms with Crippen molar-refractivity contribution >= 4 is 9.84 Å². The molecule has 96 valence electrons. The van der Waals surface area contributed by atoms with Gasteiger partial charge in [0.1, 0.15) is 0 Å². The number of nitrogens with two attached hydrogens (primary N) is 1. The number of sulfone groups is 1. The predicted octanol–water partition coefficient (Wildman–Crippen LogP) is 0.811. The van der Waals surface area contributed by atoms with Crippen LogP contribution in [0.15, 0.2) is 0 Å². The number of ether oxygens (including phenoxy) is 1. The van der Waals surface area contributed by atoms with Crippen molar-refractivity contribution in [1.29, 1.82) is 0 Å². The summed E-state index contributed by atoms with van der Waals surface area (Å²) >= 11 is 0. The predicted molar refractivity (Wildman–Crippen MR) is 65.0 cm³/mol. The van der Waals surface area contributed by atoms with E-state index in [4.69, 9.17) is 10.5 Å². The van der Waals surface area contributed by atoms with Crippen molar-refractivity contribution in [3.63, 3.8) is 0 Å². The van der Waals surface area contributed by atoms with E-state index < -0.39 is 9.84 Å². The molecule has 0 aromatic rings. The molecule has 4 nitrogen and oxygen atoms in total. The second-order valence-corrected chi connectivity index (χ2v) is 7.16. The zero-order chi connectivity index (χ0) is 12.2. The molecule has 16 heavy (non-hydrogen) atoms. The molecule has 0 saturated carbocycles. The topological polar surface area (TPSA) is 69.4 Å². The van der Waals surface area contributed by atoms with Gasteiger partial charge in [0.15, 0.2) is 9.84 Å². The molecule has 1 aliphatic heterocycles. The number of hydrogen-bond acceptors (Lipinski definition) is 4. The van der Waals surface area contributed by atoms with Gasteiger partial charge in [-0.05, 0) is 31.1 Å². The average Bonchev–Trinajstić information content (AvgIpc) is 2.54. The summed E-state index contributed by atoms with van der Waals surface area (Å²) in [7, 11) is -1.08. The van der Waals surface area contributed by atoms with Crippen molar-refractivity contribution in [2.45, 2.75) is 32.2 Å². The summed E-state index contributed by atoms with van der Waals surface area (Å²) in [6, 6.07) is 0.0912. The lowest BCUT2D eigenvalue weighted by Crippen LogP contribution is -2.31. The zero-order valence-electron chi connectivity index (χ0n) is 10.2. The fraction of sp³-hybridized carbons (Fsp3) is 1.00. The van der Waals surface area contributed by atoms with Crippen molar-refractivity contribution in [2.24, 2.45) is 17.6 Å². The second kappa shape index (κ2) is 5.98. The maximum atomic E-state index is 11.3. The molecule has 0 spiro atoms. The van der Waals surface area contributed by atoms with Gasteiger partial charge in [-0.25, -0.2) is 8.42 Å². The summed E-state index contributed by atoms with van der Waals surface area (Å²) in [5.41, 5.74) is 6.08. The van der Waals surface area contributed by atoms with Crippen molar-refractivity contribution in [1.82, 2.24) is 0 Å². The summed E-state index contributed by atoms with van der Waals surface area (Å²) in [6.45, 7) is 2.82. The van der Waals surface area contributed by atoms with Crippen LogP contribution >= 0.6 is 0 Å². The Morgan fingerprint density at radius 2 is 2.19 bits per heavy atom. The standard InChI is InChI=1S/C11H23NO3S/c1-9(3-5-15-2)11(12)7-10-4-6-16(13,14)8-10/h9-11H,3-8,12H2,1-2H3. The van der Waals surface area contributed by atoms with E-state index in [1.54, 1.807) is 7.11 Å². The third-order valence-electron chi connectivity index (χ3n) is 3.44. The van der Waals surface area contributed by atoms with Crippen LogP contribution in [-0.4, -0.2) is 39.7 Å². The molecule has 0 radical (unpaired) electrons. The quantitative estimate of drug-likeness (QED) is 0.756. The molecule has 0 aromatic heterocycles. The van der Waals surface area contributed by atoms with Crippen molar-refractivity contribution in [3.8, 4) is 0 Å². The second-order valence-electron chi connectivity index (χ2n) is 4.93. The highest BCUT2D eigenvalue weighted by molar-refractivity contribution is 7.91. The summed E-state index contributed by atoms with van der Waals surface area (Å²) in [4.78, 5) is 0. The Bertz CT molecular complexity index is 302. The Morgan fingerprint density at radius 3 is 2.69 bits per heavy atom. The molecule has 3 atom stereocenters. The van der Waals surface area contributed by atoms with E-state index in [-0.39, 0.29) is 12.0 Å². The molecule has 3 unspecified atom stereocenters. The van der Waals surface area contributed by atoms with Crippen LogP contribution in [0.5, 0.6) is 0 Å². The first-order valence-corrected chi connectivity index (χ1v) is 7.71. The van der Waals surface area contributed by atoms with Crippen LogP contribution in [0.2, 0.25) is 0 Å². The van der Waals surface area contributed by atoms with E-state index in [9.17, 15) is 8.42 Å². The maximum absolute atomic E-state index is 11.3. The maximum Gasteiger partial charge on any atom is 0.150 e. The lowest BCUT2D eigenvalue weighted by molar-refractivity contribution is 0.171. The van der Waals surface area contributed by atoms with Gasteiger partial charge in [-0.15, -0.1) is 0 Å². The SMILES string of the molecule is COCCC(C)C(N)CC1CCS(=O)(=O)C1. The number of hydrogen-bond donors (Lipinski definition) is 1. The van der Waals surface area contributed by atoms with E-state index >= 15 is 0 Å². The molecule has 0 bridgehead atoms. The molecular formula is C11H23NO3S. The third-order valence-corrected chi connectivity index (χ3v) is 5.28. The highest BCUT2D eigenvalue weighted by atomic mass is 32.2. The molecule has 0 aliphatic carbocycles. The zero-order valence-corrected chi connectivity index (χ0v) is 11.0. The van der Waals surface area contributed by atoms with Crippen LogP contribution in [0.3, 0.4) is 0 Å². The Hall–Kier alpha value is -0.130. The lowest BCUT2D eigenvalue weighted by atomic mass is 9.90. The first-order valence-electron chi connectivity index (χ1n) is 5.89. The Kier molecular flexibility index (Phi) is 5.21. The number of methoxy groups -OCH3 is 1. The van der Waals surface area contributed by atoms with Gasteiger partial charge >= 0.3 is 0 Å². The monoisotopic (exact) mass is 249 g/mol. The fourth-order valence-electron chi connectivity index (χ4n) is 2.19. The summed E-state index contributed by atoms with van der Waals surface area (Å²) in [5.74, 6) is 1.34. The first kappa shape index (κ1) is 13.9. The van der Waals surface area contributed by atoms with Gasteiger partial charge in [0.2, 0.25) is 0 Å². The van der Waals surface area contributed by atoms with Gasteiger partial charge in [-0.3, -0.25) is 0 Å². The summed E-state index contributed by atoms with van der Waals surface area (Å²) in [5, 5.41) is 0. The molecule has 1 fully saturated rings. The Labute approximate surface area is 98.5 Å². The fourth-order valence-corrected chi connectivity index (χ4v) is 4.07. The molecule has 1 rings (SSSR count). The molecule has 5 heteroatoms. The van der Waals surface area contributed by atoms with E-state index in [0.29, 0.717) is 17.4 Å². The van der Waals surface area contributed by atoms with Crippen molar-refractivity contribution in [3.05, 3.63) is 0 Å². The minimum Gasteiger partial charge on any atom is -0.385 e. The summed E-state index contributed by atoms with van der Waals surface area (Å²) < 4.78 is 27.6. The van der Waals surface area contributed by atoms with Gasteiger partial charge in [-0.1, -0.05) is 6.92 Å². The van der Waals surface area contributed by atoms with Crippen molar-refractivity contribution in [2.75, 3.05) is 25.2 Å². The van der Waals surface area contributed by atoms with Crippen molar-refractivity contribution < 1.29 is 13.2 Å². The van der Waals surface area contributed by atoms with Gasteiger partial charge in [0.25, 0.3) is 0 Å². The molecule has 2 N–H and O–H groups in total. The van der Waals surface area contributed by atoms with E-state index in [1.165, 1.54) is 0 Å². The highest BCUT2D eigenvalue weighted by Crippen LogP contribution is 2.25. The molecule has 0 aromatic carbocycles. The van der Waals surface area contributed by atoms with Crippen LogP contribution < -0.4 is 5.73 Å². The van der Waals surface area contributed by atoms with Crippen LogP contribution in [0.4, 0.5) is 0 Å².